The zero-order valence-corrected chi connectivity index (χ0v) is 12.7. The number of amides is 1. The van der Waals surface area contributed by atoms with Crippen molar-refractivity contribution in [3.8, 4) is 0 Å². The van der Waals surface area contributed by atoms with Gasteiger partial charge in [-0.3, -0.25) is 14.9 Å². The molecule has 0 aliphatic heterocycles. The first-order valence-corrected chi connectivity index (χ1v) is 7.30. The predicted molar refractivity (Wildman–Crippen MR) is 78.1 cm³/mol. The first kappa shape index (κ1) is 15.9. The fraction of sp³-hybridized carbons (Fsp3) is 0.417. The van der Waals surface area contributed by atoms with Crippen LogP contribution in [0.4, 0.5) is 5.69 Å². The number of rotatable bonds is 6. The van der Waals surface area contributed by atoms with E-state index < -0.39 is 10.8 Å². The summed E-state index contributed by atoms with van der Waals surface area (Å²) in [6.07, 6.45) is 1.50. The molecule has 1 amide bonds. The lowest BCUT2D eigenvalue weighted by molar-refractivity contribution is -0.385. The molecule has 1 unspecified atom stereocenters. The van der Waals surface area contributed by atoms with E-state index in [-0.39, 0.29) is 22.3 Å². The number of hydrogen-bond donors (Lipinski definition) is 1. The first-order chi connectivity index (χ1) is 9.01. The minimum Gasteiger partial charge on any atom is -0.349 e. The number of carbonyl (C=O) groups excluding carboxylic acids is 1. The van der Waals surface area contributed by atoms with Crippen LogP contribution < -0.4 is 5.32 Å². The van der Waals surface area contributed by atoms with E-state index >= 15 is 0 Å². The molecule has 0 bridgehead atoms. The van der Waals surface area contributed by atoms with Gasteiger partial charge < -0.3 is 5.32 Å². The van der Waals surface area contributed by atoms with E-state index in [0.29, 0.717) is 0 Å². The Hall–Kier alpha value is -1.14. The molecule has 1 N–H and O–H groups in total. The molecular weight excluding hydrogens is 336 g/mol. The van der Waals surface area contributed by atoms with Gasteiger partial charge in [-0.2, -0.15) is 0 Å². The number of benzene rings is 1. The molecule has 0 aliphatic rings. The first-order valence-electron chi connectivity index (χ1n) is 5.81. The largest absolute Gasteiger partial charge is 0.349 e. The van der Waals surface area contributed by atoms with Gasteiger partial charge in [-0.05, 0) is 18.9 Å². The van der Waals surface area contributed by atoms with Crippen LogP contribution in [0.3, 0.4) is 0 Å². The summed E-state index contributed by atoms with van der Waals surface area (Å²) in [5, 5.41) is 14.5. The summed E-state index contributed by atoms with van der Waals surface area (Å²) in [4.78, 5) is 22.4. The lowest BCUT2D eigenvalue weighted by Gasteiger charge is -2.16. The number of nitro benzene ring substituents is 1. The Morgan fingerprint density at radius 2 is 2.26 bits per heavy atom. The van der Waals surface area contributed by atoms with Crippen molar-refractivity contribution in [3.05, 3.63) is 38.9 Å². The summed E-state index contributed by atoms with van der Waals surface area (Å²) in [5.41, 5.74) is -0.360. The smallest absolute Gasteiger partial charge is 0.283 e. The van der Waals surface area contributed by atoms with Gasteiger partial charge in [-0.25, -0.2) is 0 Å². The molecule has 0 radical (unpaired) electrons. The van der Waals surface area contributed by atoms with Gasteiger partial charge in [0, 0.05) is 17.4 Å². The Kier molecular flexibility index (Phi) is 6.24. The summed E-state index contributed by atoms with van der Waals surface area (Å²) < 4.78 is 0. The van der Waals surface area contributed by atoms with Gasteiger partial charge in [0.25, 0.3) is 11.6 Å². The van der Waals surface area contributed by atoms with Gasteiger partial charge in [0.05, 0.1) is 9.95 Å². The number of nitrogens with zero attached hydrogens (tertiary/aromatic N) is 1. The third-order valence-corrected chi connectivity index (χ3v) is 3.47. The van der Waals surface area contributed by atoms with Crippen LogP contribution in [-0.2, 0) is 0 Å². The Morgan fingerprint density at radius 1 is 1.58 bits per heavy atom. The Labute approximate surface area is 124 Å². The summed E-state index contributed by atoms with van der Waals surface area (Å²) in [5.74, 6) is -0.509. The number of alkyl halides is 1. The summed E-state index contributed by atoms with van der Waals surface area (Å²) in [6.45, 7) is 1.94. The Balaban J connectivity index is 3.02. The van der Waals surface area contributed by atoms with Crippen LogP contribution in [0, 0.1) is 10.1 Å². The second-order valence-electron chi connectivity index (χ2n) is 3.95. The van der Waals surface area contributed by atoms with E-state index in [1.807, 2.05) is 6.92 Å². The van der Waals surface area contributed by atoms with Gasteiger partial charge >= 0.3 is 0 Å². The van der Waals surface area contributed by atoms with Crippen molar-refractivity contribution < 1.29 is 9.72 Å². The van der Waals surface area contributed by atoms with Crippen molar-refractivity contribution >= 4 is 39.1 Å². The second-order valence-corrected chi connectivity index (χ2v) is 5.15. The highest BCUT2D eigenvalue weighted by Crippen LogP contribution is 2.26. The number of carbonyl (C=O) groups is 1. The number of nitrogens with one attached hydrogen (secondary N) is 1. The zero-order valence-electron chi connectivity index (χ0n) is 10.4. The molecule has 0 saturated carbocycles. The van der Waals surface area contributed by atoms with E-state index in [9.17, 15) is 14.9 Å². The highest BCUT2D eigenvalue weighted by Gasteiger charge is 2.24. The quantitative estimate of drug-likeness (QED) is 0.485. The molecule has 7 heteroatoms. The molecule has 0 aromatic heterocycles. The van der Waals surface area contributed by atoms with Crippen molar-refractivity contribution in [2.45, 2.75) is 25.8 Å². The van der Waals surface area contributed by atoms with Crippen LogP contribution in [0.2, 0.25) is 5.02 Å². The number of nitro groups is 1. The summed E-state index contributed by atoms with van der Waals surface area (Å²) in [7, 11) is 0. The molecule has 5 nitrogen and oxygen atoms in total. The topological polar surface area (TPSA) is 72.2 Å². The molecule has 1 aromatic rings. The van der Waals surface area contributed by atoms with E-state index in [1.54, 1.807) is 0 Å². The number of halogens is 2. The molecule has 19 heavy (non-hydrogen) atoms. The van der Waals surface area contributed by atoms with Gasteiger partial charge in [0.2, 0.25) is 0 Å². The number of hydrogen-bond acceptors (Lipinski definition) is 3. The maximum Gasteiger partial charge on any atom is 0.283 e. The molecular formula is C12H14BrClN2O3. The fourth-order valence-electron chi connectivity index (χ4n) is 1.66. The highest BCUT2D eigenvalue weighted by molar-refractivity contribution is 9.09. The molecule has 0 saturated heterocycles. The maximum atomic E-state index is 12.1. The zero-order chi connectivity index (χ0) is 14.4. The molecule has 104 valence electrons. The third kappa shape index (κ3) is 4.18. The second kappa shape index (κ2) is 7.45. The Morgan fingerprint density at radius 3 is 2.79 bits per heavy atom. The minimum absolute atomic E-state index is 0.0391. The van der Waals surface area contributed by atoms with E-state index in [0.717, 1.165) is 18.2 Å². The molecule has 1 rings (SSSR count). The average Bonchev–Trinajstić information content (AvgIpc) is 2.37. The molecule has 0 heterocycles. The molecule has 0 fully saturated rings. The molecule has 0 spiro atoms. The lowest BCUT2D eigenvalue weighted by atomic mass is 10.1. The van der Waals surface area contributed by atoms with Crippen LogP contribution in [0.15, 0.2) is 18.2 Å². The van der Waals surface area contributed by atoms with Crippen molar-refractivity contribution in [2.75, 3.05) is 5.33 Å². The predicted octanol–water partition coefficient (Wildman–Crippen LogP) is 3.54. The lowest BCUT2D eigenvalue weighted by Crippen LogP contribution is -2.35. The van der Waals surface area contributed by atoms with Gasteiger partial charge in [0.15, 0.2) is 0 Å². The minimum atomic E-state index is -0.605. The Bertz CT molecular complexity index is 482. The van der Waals surface area contributed by atoms with Gasteiger partial charge in [-0.15, -0.1) is 0 Å². The highest BCUT2D eigenvalue weighted by atomic mass is 79.9. The normalized spacial score (nSPS) is 11.9. The van der Waals surface area contributed by atoms with Gasteiger partial charge in [-0.1, -0.05) is 40.5 Å². The van der Waals surface area contributed by atoms with Crippen molar-refractivity contribution in [1.82, 2.24) is 5.32 Å². The third-order valence-electron chi connectivity index (χ3n) is 2.70. The van der Waals surface area contributed by atoms with E-state index in [1.165, 1.54) is 18.2 Å². The van der Waals surface area contributed by atoms with E-state index in [4.69, 9.17) is 11.6 Å². The van der Waals surface area contributed by atoms with Crippen LogP contribution in [0.5, 0.6) is 0 Å². The van der Waals surface area contributed by atoms with Crippen LogP contribution >= 0.6 is 27.5 Å². The molecule has 1 aromatic carbocycles. The maximum absolute atomic E-state index is 12.1. The molecule has 0 aliphatic carbocycles. The molecule has 1 atom stereocenters. The summed E-state index contributed by atoms with van der Waals surface area (Å²) in [6, 6.07) is 4.15. The van der Waals surface area contributed by atoms with Crippen molar-refractivity contribution in [2.24, 2.45) is 0 Å². The van der Waals surface area contributed by atoms with Crippen molar-refractivity contribution in [3.63, 3.8) is 0 Å². The SMILES string of the molecule is CCC(CCBr)NC(=O)c1c(Cl)cccc1[N+](=O)[O-]. The standard InChI is InChI=1S/C12H14BrClN2O3/c1-2-8(6-7-13)15-12(17)11-9(14)4-3-5-10(11)16(18)19/h3-5,8H,2,6-7H2,1H3,(H,15,17). The fourth-order valence-corrected chi connectivity index (χ4v) is 2.47. The van der Waals surface area contributed by atoms with Crippen LogP contribution in [0.25, 0.3) is 0 Å². The summed E-state index contributed by atoms with van der Waals surface area (Å²) >= 11 is 9.20. The van der Waals surface area contributed by atoms with E-state index in [2.05, 4.69) is 21.2 Å². The van der Waals surface area contributed by atoms with Gasteiger partial charge in [0.1, 0.15) is 5.56 Å². The van der Waals surface area contributed by atoms with Crippen LogP contribution in [-0.4, -0.2) is 22.2 Å². The monoisotopic (exact) mass is 348 g/mol. The van der Waals surface area contributed by atoms with Crippen molar-refractivity contribution in [1.29, 1.82) is 0 Å². The van der Waals surface area contributed by atoms with Crippen LogP contribution in [0.1, 0.15) is 30.1 Å². The average molecular weight is 350 g/mol.